The van der Waals surface area contributed by atoms with Crippen LogP contribution in [0, 0.1) is 0 Å². The van der Waals surface area contributed by atoms with Crippen molar-refractivity contribution in [2.45, 2.75) is 0 Å². The minimum Gasteiger partial charge on any atom is -0.289 e. The Morgan fingerprint density at radius 1 is 0.458 bits per heavy atom. The SMILES string of the molecule is O=C1c2ccccc2-c2cccc3c(-c4ccccc4)ccc1c23. The summed E-state index contributed by atoms with van der Waals surface area (Å²) in [5, 5.41) is 2.21. The van der Waals surface area contributed by atoms with Gasteiger partial charge in [-0.3, -0.25) is 4.79 Å². The van der Waals surface area contributed by atoms with Gasteiger partial charge in [0.25, 0.3) is 0 Å². The topological polar surface area (TPSA) is 17.1 Å². The molecule has 1 aliphatic carbocycles. The number of hydrogen-bond acceptors (Lipinski definition) is 1. The minimum atomic E-state index is 0.119. The smallest absolute Gasteiger partial charge is 0.194 e. The molecule has 1 nitrogen and oxygen atoms in total. The second kappa shape index (κ2) is 4.90. The van der Waals surface area contributed by atoms with Crippen LogP contribution in [0.3, 0.4) is 0 Å². The van der Waals surface area contributed by atoms with E-state index in [0.29, 0.717) is 0 Å². The first kappa shape index (κ1) is 13.3. The van der Waals surface area contributed by atoms with Crippen molar-refractivity contribution in [1.82, 2.24) is 0 Å². The van der Waals surface area contributed by atoms with Crippen LogP contribution in [0.5, 0.6) is 0 Å². The average molecular weight is 306 g/mol. The first-order valence-corrected chi connectivity index (χ1v) is 8.10. The van der Waals surface area contributed by atoms with Gasteiger partial charge in [0.05, 0.1) is 0 Å². The van der Waals surface area contributed by atoms with E-state index in [9.17, 15) is 4.79 Å². The molecule has 4 aromatic rings. The van der Waals surface area contributed by atoms with Crippen LogP contribution in [-0.2, 0) is 0 Å². The van der Waals surface area contributed by atoms with Crippen molar-refractivity contribution in [3.63, 3.8) is 0 Å². The predicted octanol–water partition coefficient (Wildman–Crippen LogP) is 5.72. The largest absolute Gasteiger partial charge is 0.289 e. The summed E-state index contributed by atoms with van der Waals surface area (Å²) < 4.78 is 0. The molecule has 0 aliphatic heterocycles. The third-order valence-corrected chi connectivity index (χ3v) is 4.83. The molecule has 0 atom stereocenters. The summed E-state index contributed by atoms with van der Waals surface area (Å²) in [6.45, 7) is 0. The first-order chi connectivity index (χ1) is 11.8. The van der Waals surface area contributed by atoms with Crippen LogP contribution in [0.1, 0.15) is 15.9 Å². The van der Waals surface area contributed by atoms with Crippen molar-refractivity contribution in [3.8, 4) is 22.3 Å². The quantitative estimate of drug-likeness (QED) is 0.387. The third-order valence-electron chi connectivity index (χ3n) is 4.83. The number of rotatable bonds is 1. The Kier molecular flexibility index (Phi) is 2.71. The molecule has 4 aromatic carbocycles. The van der Waals surface area contributed by atoms with E-state index < -0.39 is 0 Å². The summed E-state index contributed by atoms with van der Waals surface area (Å²) in [5.41, 5.74) is 6.13. The molecule has 5 rings (SSSR count). The molecular weight excluding hydrogens is 292 g/mol. The molecular formula is C23H14O. The van der Waals surface area contributed by atoms with E-state index in [0.717, 1.165) is 33.0 Å². The van der Waals surface area contributed by atoms with Crippen LogP contribution in [0.4, 0.5) is 0 Å². The Hall–Kier alpha value is -3.19. The fourth-order valence-corrected chi connectivity index (χ4v) is 3.75. The minimum absolute atomic E-state index is 0.119. The lowest BCUT2D eigenvalue weighted by Gasteiger charge is -2.21. The molecule has 0 amide bonds. The van der Waals surface area contributed by atoms with Crippen molar-refractivity contribution in [1.29, 1.82) is 0 Å². The van der Waals surface area contributed by atoms with Crippen molar-refractivity contribution >= 4 is 16.6 Å². The number of fused-ring (bicyclic) bond motifs is 2. The van der Waals surface area contributed by atoms with Crippen LogP contribution < -0.4 is 0 Å². The summed E-state index contributed by atoms with van der Waals surface area (Å²) >= 11 is 0. The summed E-state index contributed by atoms with van der Waals surface area (Å²) in [7, 11) is 0. The zero-order valence-electron chi connectivity index (χ0n) is 13.0. The van der Waals surface area contributed by atoms with Gasteiger partial charge < -0.3 is 0 Å². The summed E-state index contributed by atoms with van der Waals surface area (Å²) in [5.74, 6) is 0.119. The van der Waals surface area contributed by atoms with Gasteiger partial charge in [-0.25, -0.2) is 0 Å². The highest BCUT2D eigenvalue weighted by atomic mass is 16.1. The van der Waals surface area contributed by atoms with E-state index in [1.165, 1.54) is 11.1 Å². The lowest BCUT2D eigenvalue weighted by atomic mass is 9.81. The van der Waals surface area contributed by atoms with Gasteiger partial charge in [0.2, 0.25) is 0 Å². The molecule has 0 fully saturated rings. The zero-order valence-corrected chi connectivity index (χ0v) is 13.0. The fourth-order valence-electron chi connectivity index (χ4n) is 3.75. The second-order valence-electron chi connectivity index (χ2n) is 6.13. The molecule has 0 aromatic heterocycles. The molecule has 24 heavy (non-hydrogen) atoms. The zero-order chi connectivity index (χ0) is 16.1. The van der Waals surface area contributed by atoms with Crippen LogP contribution >= 0.6 is 0 Å². The fraction of sp³-hybridized carbons (Fsp3) is 0. The van der Waals surface area contributed by atoms with Gasteiger partial charge in [-0.05, 0) is 33.7 Å². The van der Waals surface area contributed by atoms with E-state index in [1.54, 1.807) is 0 Å². The van der Waals surface area contributed by atoms with Gasteiger partial charge in [-0.2, -0.15) is 0 Å². The molecule has 0 unspecified atom stereocenters. The molecule has 0 spiro atoms. The molecule has 0 N–H and O–H groups in total. The molecule has 0 heterocycles. The van der Waals surface area contributed by atoms with Crippen molar-refractivity contribution < 1.29 is 4.79 Å². The van der Waals surface area contributed by atoms with Gasteiger partial charge in [-0.1, -0.05) is 78.9 Å². The molecule has 0 saturated heterocycles. The standard InChI is InChI=1S/C23H14O/c24-23-20-10-5-4-9-17(20)19-12-6-11-18-16(13-14-21(23)22(18)19)15-7-2-1-3-8-15/h1-14H. The maximum atomic E-state index is 12.9. The molecule has 0 bridgehead atoms. The number of carbonyl (C=O) groups is 1. The Labute approximate surface area is 140 Å². The normalized spacial score (nSPS) is 12.2. The van der Waals surface area contributed by atoms with E-state index in [4.69, 9.17) is 0 Å². The summed E-state index contributed by atoms with van der Waals surface area (Å²) in [6, 6.07) is 28.6. The second-order valence-corrected chi connectivity index (χ2v) is 6.13. The molecule has 1 heteroatoms. The van der Waals surface area contributed by atoms with Crippen molar-refractivity contribution in [2.24, 2.45) is 0 Å². The number of benzene rings is 4. The summed E-state index contributed by atoms with van der Waals surface area (Å²) in [4.78, 5) is 12.9. The van der Waals surface area contributed by atoms with Gasteiger partial charge in [0, 0.05) is 16.5 Å². The lowest BCUT2D eigenvalue weighted by molar-refractivity contribution is 0.104. The van der Waals surface area contributed by atoms with E-state index in [1.807, 2.05) is 48.5 Å². The van der Waals surface area contributed by atoms with E-state index >= 15 is 0 Å². The number of carbonyl (C=O) groups excluding carboxylic acids is 1. The van der Waals surface area contributed by atoms with Crippen molar-refractivity contribution in [3.05, 3.63) is 96.1 Å². The Morgan fingerprint density at radius 3 is 1.96 bits per heavy atom. The molecule has 0 radical (unpaired) electrons. The maximum Gasteiger partial charge on any atom is 0.194 e. The molecule has 112 valence electrons. The first-order valence-electron chi connectivity index (χ1n) is 8.10. The molecule has 1 aliphatic rings. The van der Waals surface area contributed by atoms with Crippen LogP contribution in [0.25, 0.3) is 33.0 Å². The highest BCUT2D eigenvalue weighted by molar-refractivity contribution is 6.27. The Bertz CT molecular complexity index is 1110. The number of hydrogen-bond donors (Lipinski definition) is 0. The molecule has 0 saturated carbocycles. The maximum absolute atomic E-state index is 12.9. The van der Waals surface area contributed by atoms with E-state index in [2.05, 4.69) is 36.4 Å². The van der Waals surface area contributed by atoms with Gasteiger partial charge in [0.15, 0.2) is 5.78 Å². The number of ketones is 1. The third kappa shape index (κ3) is 1.73. The van der Waals surface area contributed by atoms with Gasteiger partial charge in [-0.15, -0.1) is 0 Å². The monoisotopic (exact) mass is 306 g/mol. The predicted molar refractivity (Wildman–Crippen MR) is 98.3 cm³/mol. The highest BCUT2D eigenvalue weighted by Gasteiger charge is 2.25. The lowest BCUT2D eigenvalue weighted by Crippen LogP contribution is -2.09. The van der Waals surface area contributed by atoms with E-state index in [-0.39, 0.29) is 5.78 Å². The highest BCUT2D eigenvalue weighted by Crippen LogP contribution is 2.42. The van der Waals surface area contributed by atoms with Crippen LogP contribution in [-0.4, -0.2) is 5.78 Å². The van der Waals surface area contributed by atoms with Gasteiger partial charge in [0.1, 0.15) is 0 Å². The van der Waals surface area contributed by atoms with Gasteiger partial charge >= 0.3 is 0 Å². The average Bonchev–Trinajstić information content (AvgIpc) is 2.66. The van der Waals surface area contributed by atoms with Crippen LogP contribution in [0.15, 0.2) is 84.9 Å². The Morgan fingerprint density at radius 2 is 1.12 bits per heavy atom. The van der Waals surface area contributed by atoms with Crippen molar-refractivity contribution in [2.75, 3.05) is 0 Å². The Balaban J connectivity index is 1.93. The summed E-state index contributed by atoms with van der Waals surface area (Å²) in [6.07, 6.45) is 0. The van der Waals surface area contributed by atoms with Crippen LogP contribution in [0.2, 0.25) is 0 Å².